The van der Waals surface area contributed by atoms with Gasteiger partial charge >= 0.3 is 0 Å². The van der Waals surface area contributed by atoms with Crippen LogP contribution in [0.3, 0.4) is 0 Å². The lowest BCUT2D eigenvalue weighted by molar-refractivity contribution is 0.112. The van der Waals surface area contributed by atoms with Gasteiger partial charge in [0.2, 0.25) is 0 Å². The van der Waals surface area contributed by atoms with Crippen LogP contribution >= 0.6 is 11.3 Å². The Labute approximate surface area is 75.4 Å². The van der Waals surface area contributed by atoms with E-state index in [4.69, 9.17) is 0 Å². The van der Waals surface area contributed by atoms with E-state index in [2.05, 4.69) is 11.8 Å². The summed E-state index contributed by atoms with van der Waals surface area (Å²) in [5, 5.41) is 0. The molecule has 1 heterocycles. The highest BCUT2D eigenvalue weighted by molar-refractivity contribution is 7.14. The molecule has 0 bridgehead atoms. The van der Waals surface area contributed by atoms with Crippen molar-refractivity contribution in [2.45, 2.75) is 12.8 Å². The van der Waals surface area contributed by atoms with Crippen molar-refractivity contribution in [3.05, 3.63) is 21.9 Å². The summed E-state index contributed by atoms with van der Waals surface area (Å²) in [6, 6.07) is 3.72. The number of thiophene rings is 1. The molecule has 0 aromatic carbocycles. The van der Waals surface area contributed by atoms with Gasteiger partial charge in [-0.3, -0.25) is 4.79 Å². The first-order valence-electron chi connectivity index (χ1n) is 3.95. The maximum absolute atomic E-state index is 10.3. The van der Waals surface area contributed by atoms with Crippen LogP contribution in [0.5, 0.6) is 0 Å². The minimum atomic E-state index is 0.631. The molecule has 1 aliphatic carbocycles. The van der Waals surface area contributed by atoms with Crippen molar-refractivity contribution < 1.29 is 4.79 Å². The number of aldehydes is 1. The van der Waals surface area contributed by atoms with Gasteiger partial charge in [0.25, 0.3) is 0 Å². The monoisotopic (exact) mass is 176 g/mol. The Hall–Kier alpha value is -1.07. The number of hydrogen-bond donors (Lipinski definition) is 0. The summed E-state index contributed by atoms with van der Waals surface area (Å²) in [5.41, 5.74) is 0. The molecule has 0 unspecified atom stereocenters. The molecule has 0 saturated heterocycles. The van der Waals surface area contributed by atoms with Crippen LogP contribution in [0.2, 0.25) is 0 Å². The van der Waals surface area contributed by atoms with Crippen LogP contribution in [0.1, 0.15) is 27.4 Å². The van der Waals surface area contributed by atoms with Crippen molar-refractivity contribution in [3.8, 4) is 11.8 Å². The van der Waals surface area contributed by atoms with Crippen LogP contribution in [0.4, 0.5) is 0 Å². The maximum atomic E-state index is 10.3. The highest BCUT2D eigenvalue weighted by Crippen LogP contribution is 2.27. The van der Waals surface area contributed by atoms with Crippen LogP contribution in [-0.2, 0) is 0 Å². The third-order valence-corrected chi connectivity index (χ3v) is 2.65. The van der Waals surface area contributed by atoms with Crippen molar-refractivity contribution in [2.75, 3.05) is 0 Å². The van der Waals surface area contributed by atoms with E-state index in [1.807, 2.05) is 12.1 Å². The summed E-state index contributed by atoms with van der Waals surface area (Å²) >= 11 is 1.46. The molecule has 1 aromatic rings. The first-order valence-corrected chi connectivity index (χ1v) is 4.76. The topological polar surface area (TPSA) is 17.1 Å². The van der Waals surface area contributed by atoms with Gasteiger partial charge in [-0.25, -0.2) is 0 Å². The summed E-state index contributed by atoms with van der Waals surface area (Å²) in [4.78, 5) is 12.1. The second-order valence-corrected chi connectivity index (χ2v) is 3.98. The molecule has 12 heavy (non-hydrogen) atoms. The summed E-state index contributed by atoms with van der Waals surface area (Å²) < 4.78 is 0. The molecule has 0 amide bonds. The Morgan fingerprint density at radius 2 is 2.33 bits per heavy atom. The van der Waals surface area contributed by atoms with E-state index in [1.165, 1.54) is 24.2 Å². The molecular weight excluding hydrogens is 168 g/mol. The Bertz CT molecular complexity index is 349. The van der Waals surface area contributed by atoms with Crippen molar-refractivity contribution in [1.82, 2.24) is 0 Å². The van der Waals surface area contributed by atoms with Gasteiger partial charge in [0.05, 0.1) is 9.75 Å². The van der Waals surface area contributed by atoms with E-state index < -0.39 is 0 Å². The lowest BCUT2D eigenvalue weighted by Gasteiger charge is -1.75. The second kappa shape index (κ2) is 3.12. The summed E-state index contributed by atoms with van der Waals surface area (Å²) in [6.07, 6.45) is 3.37. The van der Waals surface area contributed by atoms with Gasteiger partial charge in [-0.15, -0.1) is 11.3 Å². The van der Waals surface area contributed by atoms with Gasteiger partial charge < -0.3 is 0 Å². The molecular formula is C10H8OS. The molecule has 0 radical (unpaired) electrons. The standard InChI is InChI=1S/C10H8OS/c11-7-10-6-5-9(12-10)4-3-8-1-2-8/h5-8H,1-2H2. The average Bonchev–Trinajstić information content (AvgIpc) is 2.81. The van der Waals surface area contributed by atoms with Crippen LogP contribution < -0.4 is 0 Å². The molecule has 1 aromatic heterocycles. The predicted molar refractivity (Wildman–Crippen MR) is 49.3 cm³/mol. The van der Waals surface area contributed by atoms with Gasteiger partial charge in [-0.1, -0.05) is 11.8 Å². The Morgan fingerprint density at radius 3 is 2.92 bits per heavy atom. The molecule has 1 nitrogen and oxygen atoms in total. The average molecular weight is 176 g/mol. The molecule has 1 aliphatic rings. The van der Waals surface area contributed by atoms with E-state index >= 15 is 0 Å². The Kier molecular flexibility index (Phi) is 1.97. The fraction of sp³-hybridized carbons (Fsp3) is 0.300. The van der Waals surface area contributed by atoms with Crippen LogP contribution in [0, 0.1) is 17.8 Å². The van der Waals surface area contributed by atoms with E-state index in [0.717, 1.165) is 16.0 Å². The minimum absolute atomic E-state index is 0.631. The molecule has 0 atom stereocenters. The van der Waals surface area contributed by atoms with E-state index in [0.29, 0.717) is 5.92 Å². The van der Waals surface area contributed by atoms with Crippen molar-refractivity contribution in [1.29, 1.82) is 0 Å². The summed E-state index contributed by atoms with van der Waals surface area (Å²) in [7, 11) is 0. The first-order chi connectivity index (χ1) is 5.88. The largest absolute Gasteiger partial charge is 0.297 e. The van der Waals surface area contributed by atoms with E-state index in [1.54, 1.807) is 0 Å². The van der Waals surface area contributed by atoms with Crippen molar-refractivity contribution in [2.24, 2.45) is 5.92 Å². The molecule has 0 spiro atoms. The number of hydrogen-bond acceptors (Lipinski definition) is 2. The van der Waals surface area contributed by atoms with Crippen molar-refractivity contribution in [3.63, 3.8) is 0 Å². The highest BCUT2D eigenvalue weighted by Gasteiger charge is 2.17. The highest BCUT2D eigenvalue weighted by atomic mass is 32.1. The molecule has 1 fully saturated rings. The van der Waals surface area contributed by atoms with Gasteiger partial charge in [-0.2, -0.15) is 0 Å². The van der Waals surface area contributed by atoms with Gasteiger partial charge in [0.15, 0.2) is 6.29 Å². The van der Waals surface area contributed by atoms with Crippen molar-refractivity contribution >= 4 is 17.6 Å². The summed E-state index contributed by atoms with van der Waals surface area (Å²) in [5.74, 6) is 6.86. The van der Waals surface area contributed by atoms with E-state index in [-0.39, 0.29) is 0 Å². The van der Waals surface area contributed by atoms with Gasteiger partial charge in [-0.05, 0) is 25.0 Å². The first kappa shape index (κ1) is 7.57. The third-order valence-electron chi connectivity index (χ3n) is 1.72. The van der Waals surface area contributed by atoms with E-state index in [9.17, 15) is 4.79 Å². The molecule has 0 aliphatic heterocycles. The SMILES string of the molecule is O=Cc1ccc(C#CC2CC2)s1. The number of rotatable bonds is 1. The minimum Gasteiger partial charge on any atom is -0.297 e. The molecule has 60 valence electrons. The lowest BCUT2D eigenvalue weighted by Crippen LogP contribution is -1.64. The van der Waals surface area contributed by atoms with Crippen LogP contribution in [0.25, 0.3) is 0 Å². The zero-order valence-corrected chi connectivity index (χ0v) is 7.36. The lowest BCUT2D eigenvalue weighted by atomic mass is 10.4. The maximum Gasteiger partial charge on any atom is 0.160 e. The number of carbonyl (C=O) groups is 1. The Morgan fingerprint density at radius 1 is 1.50 bits per heavy atom. The molecule has 0 N–H and O–H groups in total. The molecule has 2 rings (SSSR count). The molecule has 1 saturated carbocycles. The van der Waals surface area contributed by atoms with Gasteiger partial charge in [0, 0.05) is 5.92 Å². The quantitative estimate of drug-likeness (QED) is 0.474. The fourth-order valence-corrected chi connectivity index (χ4v) is 1.57. The van der Waals surface area contributed by atoms with Gasteiger partial charge in [0.1, 0.15) is 0 Å². The second-order valence-electron chi connectivity index (χ2n) is 2.86. The predicted octanol–water partition coefficient (Wildman–Crippen LogP) is 2.32. The molecule has 2 heteroatoms. The van der Waals surface area contributed by atoms with Crippen LogP contribution in [0.15, 0.2) is 12.1 Å². The fourth-order valence-electron chi connectivity index (χ4n) is 0.884. The number of carbonyl (C=O) groups excluding carboxylic acids is 1. The third kappa shape index (κ3) is 1.75. The zero-order valence-electron chi connectivity index (χ0n) is 6.54. The smallest absolute Gasteiger partial charge is 0.160 e. The Balaban J connectivity index is 2.12. The zero-order chi connectivity index (χ0) is 8.39. The van der Waals surface area contributed by atoms with Crippen LogP contribution in [-0.4, -0.2) is 6.29 Å². The summed E-state index contributed by atoms with van der Waals surface area (Å²) in [6.45, 7) is 0. The normalized spacial score (nSPS) is 15.0.